The Balaban J connectivity index is 1.36. The highest BCUT2D eigenvalue weighted by atomic mass is 16.2. The van der Waals surface area contributed by atoms with E-state index in [1.165, 1.54) is 12.0 Å². The van der Waals surface area contributed by atoms with Gasteiger partial charge in [-0.15, -0.1) is 0 Å². The molecular weight excluding hydrogens is 412 g/mol. The summed E-state index contributed by atoms with van der Waals surface area (Å²) in [6, 6.07) is 14.6. The van der Waals surface area contributed by atoms with E-state index >= 15 is 0 Å². The van der Waals surface area contributed by atoms with Crippen LogP contribution in [0.25, 0.3) is 0 Å². The van der Waals surface area contributed by atoms with Gasteiger partial charge >= 0.3 is 0 Å². The van der Waals surface area contributed by atoms with Gasteiger partial charge in [0.25, 0.3) is 0 Å². The van der Waals surface area contributed by atoms with Crippen molar-refractivity contribution in [2.24, 2.45) is 11.8 Å². The summed E-state index contributed by atoms with van der Waals surface area (Å²) < 4.78 is 0. The zero-order chi connectivity index (χ0) is 23.2. The van der Waals surface area contributed by atoms with Crippen LogP contribution in [0, 0.1) is 11.8 Å². The fraction of sp³-hybridized carbons (Fsp3) is 0.519. The van der Waals surface area contributed by atoms with E-state index in [1.54, 1.807) is 6.20 Å². The number of hydrogen-bond donors (Lipinski definition) is 1. The summed E-state index contributed by atoms with van der Waals surface area (Å²) in [6.45, 7) is 6.35. The lowest BCUT2D eigenvalue weighted by Gasteiger charge is -2.31. The predicted octanol–water partition coefficient (Wildman–Crippen LogP) is 4.52. The highest BCUT2D eigenvalue weighted by molar-refractivity contribution is 5.91. The average Bonchev–Trinajstić information content (AvgIpc) is 3.14. The minimum Gasteiger partial charge on any atom is -0.352 e. The summed E-state index contributed by atoms with van der Waals surface area (Å²) in [5, 5.41) is 2.91. The SMILES string of the molecule is CC(C)C(=O)Nc1ccc(N2CCCC[C@@H]3CN(C(=O)CCCc4ccccc4)C[C@@H]32)nc1. The molecule has 33 heavy (non-hydrogen) atoms. The molecule has 1 N–H and O–H groups in total. The Morgan fingerprint density at radius 2 is 1.91 bits per heavy atom. The lowest BCUT2D eigenvalue weighted by Crippen LogP contribution is -2.41. The molecule has 2 atom stereocenters. The van der Waals surface area contributed by atoms with Gasteiger partial charge in [0.1, 0.15) is 5.82 Å². The molecule has 1 aromatic carbocycles. The van der Waals surface area contributed by atoms with Gasteiger partial charge in [0, 0.05) is 32.0 Å². The van der Waals surface area contributed by atoms with Crippen LogP contribution in [0.3, 0.4) is 0 Å². The van der Waals surface area contributed by atoms with Crippen molar-refractivity contribution < 1.29 is 9.59 Å². The molecule has 2 aliphatic heterocycles. The standard InChI is InChI=1S/C27H36N4O2/c1-20(2)27(33)29-23-14-15-25(28-17-23)31-16-7-6-12-22-18-30(19-24(22)31)26(32)13-8-11-21-9-4-3-5-10-21/h3-5,9-10,14-15,17,20,22,24H,6-8,11-13,16,18-19H2,1-2H3,(H,29,33)/t22-,24+/m1/s1. The number of amides is 2. The van der Waals surface area contributed by atoms with Crippen LogP contribution in [0.1, 0.15) is 51.5 Å². The molecule has 2 saturated heterocycles. The Morgan fingerprint density at radius 3 is 2.64 bits per heavy atom. The second-order valence-electron chi connectivity index (χ2n) is 9.70. The molecule has 2 aliphatic rings. The van der Waals surface area contributed by atoms with Crippen LogP contribution < -0.4 is 10.2 Å². The number of aryl methyl sites for hydroxylation is 1. The summed E-state index contributed by atoms with van der Waals surface area (Å²) in [5.74, 6) is 1.64. The van der Waals surface area contributed by atoms with Gasteiger partial charge in [-0.05, 0) is 49.3 Å². The molecule has 6 heteroatoms. The van der Waals surface area contributed by atoms with E-state index in [2.05, 4.69) is 44.4 Å². The number of carbonyl (C=O) groups excluding carboxylic acids is 2. The monoisotopic (exact) mass is 448 g/mol. The first-order chi connectivity index (χ1) is 16.0. The fourth-order valence-electron chi connectivity index (χ4n) is 5.00. The van der Waals surface area contributed by atoms with Crippen LogP contribution in [0.5, 0.6) is 0 Å². The zero-order valence-electron chi connectivity index (χ0n) is 19.9. The Labute approximate surface area is 197 Å². The minimum atomic E-state index is -0.0641. The van der Waals surface area contributed by atoms with E-state index in [1.807, 2.05) is 32.0 Å². The third-order valence-corrected chi connectivity index (χ3v) is 6.92. The van der Waals surface area contributed by atoms with Crippen molar-refractivity contribution >= 4 is 23.3 Å². The smallest absolute Gasteiger partial charge is 0.226 e. The van der Waals surface area contributed by atoms with Gasteiger partial charge < -0.3 is 15.1 Å². The van der Waals surface area contributed by atoms with Crippen molar-refractivity contribution in [1.82, 2.24) is 9.88 Å². The van der Waals surface area contributed by atoms with Gasteiger partial charge in [0.2, 0.25) is 11.8 Å². The van der Waals surface area contributed by atoms with Crippen LogP contribution in [0.2, 0.25) is 0 Å². The van der Waals surface area contributed by atoms with E-state index < -0.39 is 0 Å². The maximum atomic E-state index is 13.0. The average molecular weight is 449 g/mol. The number of pyridine rings is 1. The second-order valence-corrected chi connectivity index (χ2v) is 9.70. The van der Waals surface area contributed by atoms with Crippen molar-refractivity contribution in [3.05, 3.63) is 54.2 Å². The van der Waals surface area contributed by atoms with E-state index in [9.17, 15) is 9.59 Å². The van der Waals surface area contributed by atoms with Gasteiger partial charge in [-0.25, -0.2) is 4.98 Å². The summed E-state index contributed by atoms with van der Waals surface area (Å²) in [6.07, 6.45) is 7.69. The summed E-state index contributed by atoms with van der Waals surface area (Å²) in [4.78, 5) is 34.1. The number of hydrogen-bond acceptors (Lipinski definition) is 4. The van der Waals surface area contributed by atoms with Crippen molar-refractivity contribution in [2.75, 3.05) is 29.9 Å². The molecule has 0 unspecified atom stereocenters. The molecule has 3 heterocycles. The molecule has 2 amide bonds. The van der Waals surface area contributed by atoms with Gasteiger partial charge in [-0.3, -0.25) is 9.59 Å². The first kappa shape index (κ1) is 23.3. The molecule has 0 aliphatic carbocycles. The van der Waals surface area contributed by atoms with Crippen molar-refractivity contribution in [3.8, 4) is 0 Å². The van der Waals surface area contributed by atoms with Gasteiger partial charge in [0.15, 0.2) is 0 Å². The number of anilines is 2. The summed E-state index contributed by atoms with van der Waals surface area (Å²) in [7, 11) is 0. The number of aromatic nitrogens is 1. The normalized spacial score (nSPS) is 20.5. The quantitative estimate of drug-likeness (QED) is 0.677. The third-order valence-electron chi connectivity index (χ3n) is 6.92. The van der Waals surface area contributed by atoms with Crippen LogP contribution in [0.15, 0.2) is 48.7 Å². The molecule has 2 aromatic rings. The van der Waals surface area contributed by atoms with Crippen LogP contribution in [-0.2, 0) is 16.0 Å². The molecule has 0 spiro atoms. The first-order valence-electron chi connectivity index (χ1n) is 12.4. The molecule has 0 bridgehead atoms. The number of likely N-dealkylation sites (tertiary alicyclic amines) is 1. The molecule has 6 nitrogen and oxygen atoms in total. The Kier molecular flexibility index (Phi) is 7.63. The predicted molar refractivity (Wildman–Crippen MR) is 132 cm³/mol. The Morgan fingerprint density at radius 1 is 1.09 bits per heavy atom. The number of nitrogens with one attached hydrogen (secondary N) is 1. The highest BCUT2D eigenvalue weighted by Gasteiger charge is 2.39. The second kappa shape index (κ2) is 10.8. The largest absolute Gasteiger partial charge is 0.352 e. The van der Waals surface area contributed by atoms with E-state index in [0.29, 0.717) is 18.4 Å². The number of carbonyl (C=O) groups is 2. The maximum absolute atomic E-state index is 13.0. The topological polar surface area (TPSA) is 65.5 Å². The van der Waals surface area contributed by atoms with Gasteiger partial charge in [-0.2, -0.15) is 0 Å². The van der Waals surface area contributed by atoms with Crippen molar-refractivity contribution in [1.29, 1.82) is 0 Å². The number of nitrogens with zero attached hydrogens (tertiary/aromatic N) is 3. The number of fused-ring (bicyclic) bond motifs is 1. The molecule has 2 fully saturated rings. The van der Waals surface area contributed by atoms with Gasteiger partial charge in [0.05, 0.1) is 17.9 Å². The first-order valence-corrected chi connectivity index (χ1v) is 12.4. The lowest BCUT2D eigenvalue weighted by molar-refractivity contribution is -0.130. The van der Waals surface area contributed by atoms with E-state index in [4.69, 9.17) is 0 Å². The maximum Gasteiger partial charge on any atom is 0.226 e. The Hall–Kier alpha value is -2.89. The molecular formula is C27H36N4O2. The molecule has 1 aromatic heterocycles. The highest BCUT2D eigenvalue weighted by Crippen LogP contribution is 2.33. The third kappa shape index (κ3) is 5.92. The summed E-state index contributed by atoms with van der Waals surface area (Å²) >= 11 is 0. The molecule has 4 rings (SSSR count). The Bertz CT molecular complexity index is 929. The van der Waals surface area contributed by atoms with E-state index in [0.717, 1.165) is 56.8 Å². The fourth-order valence-corrected chi connectivity index (χ4v) is 5.00. The molecule has 0 radical (unpaired) electrons. The summed E-state index contributed by atoms with van der Waals surface area (Å²) in [5.41, 5.74) is 2.02. The van der Waals surface area contributed by atoms with E-state index in [-0.39, 0.29) is 17.7 Å². The zero-order valence-corrected chi connectivity index (χ0v) is 19.9. The van der Waals surface area contributed by atoms with Crippen molar-refractivity contribution in [3.63, 3.8) is 0 Å². The number of benzene rings is 1. The van der Waals surface area contributed by atoms with Crippen LogP contribution in [0.4, 0.5) is 11.5 Å². The molecule has 176 valence electrons. The number of rotatable bonds is 7. The molecule has 0 saturated carbocycles. The van der Waals surface area contributed by atoms with Gasteiger partial charge in [-0.1, -0.05) is 50.6 Å². The lowest BCUT2D eigenvalue weighted by atomic mass is 9.98. The van der Waals surface area contributed by atoms with Crippen molar-refractivity contribution in [2.45, 2.75) is 58.4 Å². The van der Waals surface area contributed by atoms with Crippen LogP contribution in [-0.4, -0.2) is 47.4 Å². The minimum absolute atomic E-state index is 0.00315. The van der Waals surface area contributed by atoms with Crippen LogP contribution >= 0.6 is 0 Å².